The molecule has 0 saturated heterocycles. The van der Waals surface area contributed by atoms with Crippen LogP contribution in [0.1, 0.15) is 11.7 Å². The number of hydrogen-bond donors (Lipinski definition) is 2. The molecule has 1 unspecified atom stereocenters. The van der Waals surface area contributed by atoms with E-state index in [0.29, 0.717) is 27.0 Å². The van der Waals surface area contributed by atoms with Gasteiger partial charge in [-0.3, -0.25) is 0 Å². The van der Waals surface area contributed by atoms with Gasteiger partial charge in [0.2, 0.25) is 0 Å². The molecule has 100 valence electrons. The van der Waals surface area contributed by atoms with Crippen LogP contribution in [0.15, 0.2) is 42.5 Å². The highest BCUT2D eigenvalue weighted by Crippen LogP contribution is 2.27. The molecule has 0 amide bonds. The molecule has 0 heterocycles. The van der Waals surface area contributed by atoms with Gasteiger partial charge in [0.15, 0.2) is 0 Å². The Morgan fingerprint density at radius 2 is 1.89 bits per heavy atom. The largest absolute Gasteiger partial charge is 0.490 e. The van der Waals surface area contributed by atoms with E-state index in [4.69, 9.17) is 33.7 Å². The predicted molar refractivity (Wildman–Crippen MR) is 77.8 cm³/mol. The van der Waals surface area contributed by atoms with E-state index in [-0.39, 0.29) is 6.61 Å². The van der Waals surface area contributed by atoms with E-state index in [0.717, 1.165) is 0 Å². The highest BCUT2D eigenvalue weighted by molar-refractivity contribution is 6.42. The summed E-state index contributed by atoms with van der Waals surface area (Å²) >= 11 is 11.7. The van der Waals surface area contributed by atoms with Gasteiger partial charge < -0.3 is 15.6 Å². The number of aliphatic hydroxyl groups is 1. The molecule has 0 saturated carbocycles. The van der Waals surface area contributed by atoms with Crippen molar-refractivity contribution in [1.82, 2.24) is 0 Å². The molecule has 0 bridgehead atoms. The zero-order valence-electron chi connectivity index (χ0n) is 10.0. The third kappa shape index (κ3) is 3.77. The standard InChI is InChI=1S/C14H13Cl2NO2/c15-12-5-4-11(7-13(12)16)19-8-14(18)9-2-1-3-10(17)6-9/h1-7,14,18H,8,17H2. The van der Waals surface area contributed by atoms with Crippen molar-refractivity contribution in [1.29, 1.82) is 0 Å². The maximum absolute atomic E-state index is 9.99. The number of aliphatic hydroxyl groups excluding tert-OH is 1. The summed E-state index contributed by atoms with van der Waals surface area (Å²) in [5.74, 6) is 0.553. The highest BCUT2D eigenvalue weighted by atomic mass is 35.5. The van der Waals surface area contributed by atoms with Crippen molar-refractivity contribution in [2.45, 2.75) is 6.10 Å². The zero-order chi connectivity index (χ0) is 13.8. The van der Waals surface area contributed by atoms with E-state index in [1.54, 1.807) is 42.5 Å². The van der Waals surface area contributed by atoms with Crippen LogP contribution in [-0.2, 0) is 0 Å². The van der Waals surface area contributed by atoms with Crippen LogP contribution >= 0.6 is 23.2 Å². The van der Waals surface area contributed by atoms with Crippen LogP contribution in [0.3, 0.4) is 0 Å². The van der Waals surface area contributed by atoms with Crippen molar-refractivity contribution < 1.29 is 9.84 Å². The predicted octanol–water partition coefficient (Wildman–Crippen LogP) is 3.69. The van der Waals surface area contributed by atoms with E-state index in [9.17, 15) is 5.11 Å². The Labute approximate surface area is 121 Å². The summed E-state index contributed by atoms with van der Waals surface area (Å²) in [6.45, 7) is 0.113. The summed E-state index contributed by atoms with van der Waals surface area (Å²) in [7, 11) is 0. The molecular formula is C14H13Cl2NO2. The summed E-state index contributed by atoms with van der Waals surface area (Å²) in [4.78, 5) is 0. The highest BCUT2D eigenvalue weighted by Gasteiger charge is 2.09. The first kappa shape index (κ1) is 14.0. The third-order valence-electron chi connectivity index (χ3n) is 2.59. The molecule has 0 aromatic heterocycles. The average Bonchev–Trinajstić information content (AvgIpc) is 2.40. The van der Waals surface area contributed by atoms with Crippen LogP contribution in [-0.4, -0.2) is 11.7 Å². The summed E-state index contributed by atoms with van der Waals surface area (Å²) < 4.78 is 5.46. The number of nitrogens with two attached hydrogens (primary N) is 1. The van der Waals surface area contributed by atoms with Crippen LogP contribution in [0.5, 0.6) is 5.75 Å². The number of anilines is 1. The smallest absolute Gasteiger partial charge is 0.121 e. The first-order valence-corrected chi connectivity index (χ1v) is 6.43. The zero-order valence-corrected chi connectivity index (χ0v) is 11.5. The SMILES string of the molecule is Nc1cccc(C(O)COc2ccc(Cl)c(Cl)c2)c1. The Hall–Kier alpha value is -1.42. The average molecular weight is 298 g/mol. The fourth-order valence-electron chi connectivity index (χ4n) is 1.60. The van der Waals surface area contributed by atoms with E-state index >= 15 is 0 Å². The molecule has 0 spiro atoms. The molecule has 3 nitrogen and oxygen atoms in total. The van der Waals surface area contributed by atoms with Gasteiger partial charge in [-0.2, -0.15) is 0 Å². The van der Waals surface area contributed by atoms with Crippen molar-refractivity contribution in [3.05, 3.63) is 58.1 Å². The Kier molecular flexibility index (Phi) is 4.53. The number of ether oxygens (including phenoxy) is 1. The monoisotopic (exact) mass is 297 g/mol. The van der Waals surface area contributed by atoms with Gasteiger partial charge in [-0.15, -0.1) is 0 Å². The molecule has 2 rings (SSSR count). The van der Waals surface area contributed by atoms with E-state index < -0.39 is 6.10 Å². The second-order valence-corrected chi connectivity index (χ2v) is 4.89. The number of hydrogen-bond acceptors (Lipinski definition) is 3. The van der Waals surface area contributed by atoms with E-state index in [2.05, 4.69) is 0 Å². The number of rotatable bonds is 4. The van der Waals surface area contributed by atoms with Gasteiger partial charge in [0.25, 0.3) is 0 Å². The molecule has 5 heteroatoms. The van der Waals surface area contributed by atoms with Crippen molar-refractivity contribution in [2.75, 3.05) is 12.3 Å². The first-order valence-electron chi connectivity index (χ1n) is 5.67. The van der Waals surface area contributed by atoms with Crippen LogP contribution in [0, 0.1) is 0 Å². The van der Waals surface area contributed by atoms with Gasteiger partial charge in [-0.25, -0.2) is 0 Å². The second kappa shape index (κ2) is 6.15. The molecular weight excluding hydrogens is 285 g/mol. The third-order valence-corrected chi connectivity index (χ3v) is 3.33. The molecule has 0 fully saturated rings. The molecule has 1 atom stereocenters. The lowest BCUT2D eigenvalue weighted by Gasteiger charge is -2.13. The maximum atomic E-state index is 9.99. The van der Waals surface area contributed by atoms with E-state index in [1.165, 1.54) is 0 Å². The number of benzene rings is 2. The quantitative estimate of drug-likeness (QED) is 0.846. The van der Waals surface area contributed by atoms with Gasteiger partial charge >= 0.3 is 0 Å². The number of nitrogen functional groups attached to an aromatic ring is 1. The van der Waals surface area contributed by atoms with Gasteiger partial charge in [0.05, 0.1) is 10.0 Å². The lowest BCUT2D eigenvalue weighted by atomic mass is 10.1. The molecule has 0 aliphatic carbocycles. The maximum Gasteiger partial charge on any atom is 0.121 e. The van der Waals surface area contributed by atoms with Gasteiger partial charge in [-0.1, -0.05) is 35.3 Å². The minimum atomic E-state index is -0.752. The number of halogens is 2. The van der Waals surface area contributed by atoms with Crippen LogP contribution in [0.25, 0.3) is 0 Å². The first-order chi connectivity index (χ1) is 9.06. The van der Waals surface area contributed by atoms with Crippen molar-refractivity contribution in [3.8, 4) is 5.75 Å². The fraction of sp³-hybridized carbons (Fsp3) is 0.143. The van der Waals surface area contributed by atoms with Crippen LogP contribution in [0.2, 0.25) is 10.0 Å². The summed E-state index contributed by atoms with van der Waals surface area (Å²) in [6, 6.07) is 12.0. The van der Waals surface area contributed by atoms with Gasteiger partial charge in [0, 0.05) is 11.8 Å². The Balaban J connectivity index is 2.00. The van der Waals surface area contributed by atoms with Gasteiger partial charge in [-0.05, 0) is 29.8 Å². The molecule has 2 aromatic rings. The fourth-order valence-corrected chi connectivity index (χ4v) is 1.89. The lowest BCUT2D eigenvalue weighted by molar-refractivity contribution is 0.108. The minimum Gasteiger partial charge on any atom is -0.490 e. The molecule has 2 aromatic carbocycles. The van der Waals surface area contributed by atoms with Crippen molar-refractivity contribution in [2.24, 2.45) is 0 Å². The molecule has 19 heavy (non-hydrogen) atoms. The minimum absolute atomic E-state index is 0.113. The second-order valence-electron chi connectivity index (χ2n) is 4.07. The van der Waals surface area contributed by atoms with Crippen LogP contribution in [0.4, 0.5) is 5.69 Å². The summed E-state index contributed by atoms with van der Waals surface area (Å²) in [6.07, 6.45) is -0.752. The Morgan fingerprint density at radius 1 is 1.11 bits per heavy atom. The topological polar surface area (TPSA) is 55.5 Å². The Bertz CT molecular complexity index is 575. The normalized spacial score (nSPS) is 12.2. The summed E-state index contributed by atoms with van der Waals surface area (Å²) in [5.41, 5.74) is 6.97. The lowest BCUT2D eigenvalue weighted by Crippen LogP contribution is -2.09. The van der Waals surface area contributed by atoms with E-state index in [1.807, 2.05) is 0 Å². The Morgan fingerprint density at radius 3 is 2.58 bits per heavy atom. The van der Waals surface area contributed by atoms with Crippen molar-refractivity contribution in [3.63, 3.8) is 0 Å². The molecule has 0 radical (unpaired) electrons. The molecule has 0 aliphatic heterocycles. The van der Waals surface area contributed by atoms with Crippen LogP contribution < -0.4 is 10.5 Å². The molecule has 3 N–H and O–H groups in total. The van der Waals surface area contributed by atoms with Crippen molar-refractivity contribution >= 4 is 28.9 Å². The molecule has 0 aliphatic rings. The summed E-state index contributed by atoms with van der Waals surface area (Å²) in [5, 5.41) is 10.9. The van der Waals surface area contributed by atoms with Gasteiger partial charge in [0.1, 0.15) is 18.5 Å².